The van der Waals surface area contributed by atoms with E-state index in [9.17, 15) is 4.79 Å². The van der Waals surface area contributed by atoms with Crippen LogP contribution >= 0.6 is 12.4 Å². The summed E-state index contributed by atoms with van der Waals surface area (Å²) in [5.41, 5.74) is 3.21. The molecule has 0 atom stereocenters. The van der Waals surface area contributed by atoms with Crippen molar-refractivity contribution in [2.45, 2.75) is 39.0 Å². The van der Waals surface area contributed by atoms with E-state index in [1.54, 1.807) is 0 Å². The Kier molecular flexibility index (Phi) is 7.03. The predicted molar refractivity (Wildman–Crippen MR) is 85.9 cm³/mol. The predicted octanol–water partition coefficient (Wildman–Crippen LogP) is 3.02. The van der Waals surface area contributed by atoms with Crippen LogP contribution in [0.4, 0.5) is 0 Å². The van der Waals surface area contributed by atoms with Crippen molar-refractivity contribution in [2.75, 3.05) is 19.6 Å². The molecular weight excluding hydrogens is 272 g/mol. The van der Waals surface area contributed by atoms with Crippen LogP contribution in [0.3, 0.4) is 0 Å². The van der Waals surface area contributed by atoms with Gasteiger partial charge in [0.15, 0.2) is 0 Å². The van der Waals surface area contributed by atoms with Gasteiger partial charge in [-0.15, -0.1) is 12.4 Å². The Labute approximate surface area is 127 Å². The van der Waals surface area contributed by atoms with Gasteiger partial charge in [0.25, 0.3) is 5.91 Å². The van der Waals surface area contributed by atoms with Crippen LogP contribution in [0.15, 0.2) is 18.2 Å². The topological polar surface area (TPSA) is 41.1 Å². The summed E-state index contributed by atoms with van der Waals surface area (Å²) >= 11 is 0. The largest absolute Gasteiger partial charge is 0.352 e. The number of amides is 1. The Hall–Kier alpha value is -1.06. The summed E-state index contributed by atoms with van der Waals surface area (Å²) in [7, 11) is 0. The molecular formula is C16H25ClN2O. The monoisotopic (exact) mass is 296 g/mol. The molecule has 0 saturated carbocycles. The van der Waals surface area contributed by atoms with Crippen molar-refractivity contribution in [3.8, 4) is 0 Å². The summed E-state index contributed by atoms with van der Waals surface area (Å²) in [6.07, 6.45) is 3.30. The number of hydrogen-bond donors (Lipinski definition) is 2. The molecule has 20 heavy (non-hydrogen) atoms. The zero-order chi connectivity index (χ0) is 13.7. The minimum atomic E-state index is 0. The van der Waals surface area contributed by atoms with Crippen LogP contribution in [-0.4, -0.2) is 25.5 Å². The van der Waals surface area contributed by atoms with E-state index in [4.69, 9.17) is 0 Å². The normalized spacial score (nSPS) is 15.5. The second-order valence-corrected chi connectivity index (χ2v) is 5.35. The summed E-state index contributed by atoms with van der Waals surface area (Å²) in [5.74, 6) is 0.662. The second-order valence-electron chi connectivity index (χ2n) is 5.35. The highest BCUT2D eigenvalue weighted by molar-refractivity contribution is 5.95. The van der Waals surface area contributed by atoms with E-state index in [1.807, 2.05) is 6.92 Å². The van der Waals surface area contributed by atoms with E-state index in [2.05, 4.69) is 35.8 Å². The van der Waals surface area contributed by atoms with Gasteiger partial charge < -0.3 is 10.6 Å². The molecule has 0 bridgehead atoms. The number of carbonyl (C=O) groups is 1. The Balaban J connectivity index is 0.00000200. The van der Waals surface area contributed by atoms with Crippen LogP contribution in [0.1, 0.15) is 53.6 Å². The van der Waals surface area contributed by atoms with Crippen molar-refractivity contribution < 1.29 is 4.79 Å². The van der Waals surface area contributed by atoms with Crippen LogP contribution < -0.4 is 10.6 Å². The molecule has 4 heteroatoms. The van der Waals surface area contributed by atoms with Crippen molar-refractivity contribution in [1.29, 1.82) is 0 Å². The molecule has 0 unspecified atom stereocenters. The molecule has 1 fully saturated rings. The molecule has 2 rings (SSSR count). The quantitative estimate of drug-likeness (QED) is 0.897. The molecule has 1 saturated heterocycles. The fourth-order valence-electron chi connectivity index (χ4n) is 2.63. The lowest BCUT2D eigenvalue weighted by atomic mass is 9.88. The molecule has 1 amide bonds. The number of carbonyl (C=O) groups excluding carboxylic acids is 1. The first kappa shape index (κ1) is 17.0. The van der Waals surface area contributed by atoms with Gasteiger partial charge >= 0.3 is 0 Å². The van der Waals surface area contributed by atoms with E-state index >= 15 is 0 Å². The standard InChI is InChI=1S/C16H24N2O.ClH/c1-3-8-18-16(19)15-11-14(5-4-12(15)2)13-6-9-17-10-7-13;/h4-5,11,13,17H,3,6-10H2,1-2H3,(H,18,19);1H. The summed E-state index contributed by atoms with van der Waals surface area (Å²) in [6.45, 7) is 6.98. The number of piperidine rings is 1. The zero-order valence-corrected chi connectivity index (χ0v) is 13.2. The molecule has 1 heterocycles. The van der Waals surface area contributed by atoms with Gasteiger partial charge in [0.1, 0.15) is 0 Å². The Morgan fingerprint density at radius 1 is 1.35 bits per heavy atom. The van der Waals surface area contributed by atoms with Crippen molar-refractivity contribution >= 4 is 18.3 Å². The smallest absolute Gasteiger partial charge is 0.251 e. The molecule has 1 aromatic carbocycles. The van der Waals surface area contributed by atoms with Gasteiger partial charge in [-0.2, -0.15) is 0 Å². The second kappa shape index (κ2) is 8.28. The Morgan fingerprint density at radius 2 is 2.05 bits per heavy atom. The summed E-state index contributed by atoms with van der Waals surface area (Å²) < 4.78 is 0. The minimum Gasteiger partial charge on any atom is -0.352 e. The Bertz CT molecular complexity index is 442. The van der Waals surface area contributed by atoms with Crippen LogP contribution in [0.5, 0.6) is 0 Å². The van der Waals surface area contributed by atoms with Crippen LogP contribution in [0, 0.1) is 6.92 Å². The lowest BCUT2D eigenvalue weighted by Crippen LogP contribution is -2.27. The van der Waals surface area contributed by atoms with Crippen LogP contribution in [0.2, 0.25) is 0 Å². The zero-order valence-electron chi connectivity index (χ0n) is 12.4. The fraction of sp³-hybridized carbons (Fsp3) is 0.562. The molecule has 0 radical (unpaired) electrons. The van der Waals surface area contributed by atoms with E-state index in [1.165, 1.54) is 18.4 Å². The Morgan fingerprint density at radius 3 is 2.70 bits per heavy atom. The maximum absolute atomic E-state index is 12.1. The molecule has 1 aromatic rings. The molecule has 3 nitrogen and oxygen atoms in total. The third kappa shape index (κ3) is 4.22. The van der Waals surface area contributed by atoms with Gasteiger partial charge in [-0.3, -0.25) is 4.79 Å². The molecule has 2 N–H and O–H groups in total. The minimum absolute atomic E-state index is 0. The maximum Gasteiger partial charge on any atom is 0.251 e. The highest BCUT2D eigenvalue weighted by Gasteiger charge is 2.17. The highest BCUT2D eigenvalue weighted by Crippen LogP contribution is 2.26. The van der Waals surface area contributed by atoms with Crippen LogP contribution in [-0.2, 0) is 0 Å². The number of hydrogen-bond acceptors (Lipinski definition) is 2. The lowest BCUT2D eigenvalue weighted by molar-refractivity contribution is 0.0953. The summed E-state index contributed by atoms with van der Waals surface area (Å²) in [4.78, 5) is 12.1. The van der Waals surface area contributed by atoms with Gasteiger partial charge in [-0.25, -0.2) is 0 Å². The molecule has 0 spiro atoms. The first-order valence-electron chi connectivity index (χ1n) is 7.32. The average Bonchev–Trinajstić information content (AvgIpc) is 2.46. The summed E-state index contributed by atoms with van der Waals surface area (Å²) in [5, 5.41) is 6.35. The average molecular weight is 297 g/mol. The first-order valence-corrected chi connectivity index (χ1v) is 7.32. The third-order valence-electron chi connectivity index (χ3n) is 3.85. The fourth-order valence-corrected chi connectivity index (χ4v) is 2.63. The number of rotatable bonds is 4. The third-order valence-corrected chi connectivity index (χ3v) is 3.85. The number of benzene rings is 1. The van der Waals surface area contributed by atoms with E-state index in [-0.39, 0.29) is 18.3 Å². The van der Waals surface area contributed by atoms with Crippen molar-refractivity contribution in [3.63, 3.8) is 0 Å². The van der Waals surface area contributed by atoms with Gasteiger partial charge in [0, 0.05) is 12.1 Å². The molecule has 1 aliphatic rings. The van der Waals surface area contributed by atoms with Gasteiger partial charge in [-0.05, 0) is 62.4 Å². The SMILES string of the molecule is CCCNC(=O)c1cc(C2CCNCC2)ccc1C.Cl. The van der Waals surface area contributed by atoms with Crippen molar-refractivity contribution in [1.82, 2.24) is 10.6 Å². The van der Waals surface area contributed by atoms with E-state index < -0.39 is 0 Å². The first-order chi connectivity index (χ1) is 9.22. The van der Waals surface area contributed by atoms with Gasteiger partial charge in [-0.1, -0.05) is 19.1 Å². The van der Waals surface area contributed by atoms with Crippen molar-refractivity contribution in [2.24, 2.45) is 0 Å². The lowest BCUT2D eigenvalue weighted by Gasteiger charge is -2.23. The van der Waals surface area contributed by atoms with E-state index in [0.29, 0.717) is 5.92 Å². The number of halogens is 1. The van der Waals surface area contributed by atoms with Crippen LogP contribution in [0.25, 0.3) is 0 Å². The summed E-state index contributed by atoms with van der Waals surface area (Å²) in [6, 6.07) is 6.36. The van der Waals surface area contributed by atoms with Crippen molar-refractivity contribution in [3.05, 3.63) is 34.9 Å². The number of nitrogens with one attached hydrogen (secondary N) is 2. The van der Waals surface area contributed by atoms with Gasteiger partial charge in [0.2, 0.25) is 0 Å². The van der Waals surface area contributed by atoms with E-state index in [0.717, 1.165) is 37.2 Å². The highest BCUT2D eigenvalue weighted by atomic mass is 35.5. The molecule has 0 aromatic heterocycles. The molecule has 0 aliphatic carbocycles. The molecule has 112 valence electrons. The van der Waals surface area contributed by atoms with Gasteiger partial charge in [0.05, 0.1) is 0 Å². The maximum atomic E-state index is 12.1. The number of aryl methyl sites for hydroxylation is 1. The molecule has 1 aliphatic heterocycles.